The summed E-state index contributed by atoms with van der Waals surface area (Å²) < 4.78 is 18.3. The summed E-state index contributed by atoms with van der Waals surface area (Å²) >= 11 is 0. The second-order valence-corrected chi connectivity index (χ2v) is 19.3. The average molecular weight is 716 g/mol. The van der Waals surface area contributed by atoms with Crippen molar-refractivity contribution in [3.8, 4) is 11.5 Å². The van der Waals surface area contributed by atoms with E-state index in [0.717, 1.165) is 24.2 Å². The van der Waals surface area contributed by atoms with Gasteiger partial charge in [-0.2, -0.15) is 0 Å². The molecule has 0 radical (unpaired) electrons. The summed E-state index contributed by atoms with van der Waals surface area (Å²) in [5.74, 6) is 0.275. The summed E-state index contributed by atoms with van der Waals surface area (Å²) in [6, 6.07) is 20.7. The number of hydrogen-bond acceptors (Lipinski definition) is 8. The number of benzene rings is 3. The molecule has 11 nitrogen and oxygen atoms in total. The fraction of sp³-hybridized carbons (Fsp3) is 0.462. The third-order valence-electron chi connectivity index (χ3n) is 11.3. The van der Waals surface area contributed by atoms with E-state index in [1.54, 1.807) is 36.2 Å². The maximum absolute atomic E-state index is 15.1. The maximum atomic E-state index is 15.1. The van der Waals surface area contributed by atoms with Gasteiger partial charge in [0.15, 0.2) is 5.60 Å². The van der Waals surface area contributed by atoms with Crippen LogP contribution in [-0.4, -0.2) is 86.5 Å². The van der Waals surface area contributed by atoms with E-state index in [4.69, 9.17) is 14.2 Å². The molecule has 3 amide bonds. The zero-order valence-electron chi connectivity index (χ0n) is 30.2. The Hall–Kier alpha value is -4.23. The first-order valence-electron chi connectivity index (χ1n) is 17.7. The van der Waals surface area contributed by atoms with Gasteiger partial charge in [-0.25, -0.2) is 0 Å². The Bertz CT molecular complexity index is 1760. The van der Waals surface area contributed by atoms with Gasteiger partial charge in [-0.15, -0.1) is 0 Å². The van der Waals surface area contributed by atoms with Crippen LogP contribution < -0.4 is 24.9 Å². The number of nitrogens with one attached hydrogen (secondary N) is 1. The van der Waals surface area contributed by atoms with E-state index in [9.17, 15) is 19.8 Å². The Morgan fingerprint density at radius 3 is 2.33 bits per heavy atom. The van der Waals surface area contributed by atoms with E-state index in [0.29, 0.717) is 29.2 Å². The lowest BCUT2D eigenvalue weighted by atomic mass is 9.82. The first-order chi connectivity index (χ1) is 24.3. The van der Waals surface area contributed by atoms with Crippen LogP contribution in [0.2, 0.25) is 18.6 Å². The number of methoxy groups -OCH3 is 2. The van der Waals surface area contributed by atoms with E-state index in [1.807, 2.05) is 42.5 Å². The quantitative estimate of drug-likeness (QED) is 0.252. The molecule has 2 fully saturated rings. The Morgan fingerprint density at radius 1 is 1.04 bits per heavy atom. The van der Waals surface area contributed by atoms with Gasteiger partial charge < -0.3 is 39.5 Å². The van der Waals surface area contributed by atoms with Gasteiger partial charge in [0.05, 0.1) is 59.7 Å². The van der Waals surface area contributed by atoms with Crippen LogP contribution in [0, 0.1) is 5.92 Å². The van der Waals surface area contributed by atoms with Crippen molar-refractivity contribution in [2.45, 2.75) is 82.1 Å². The molecule has 0 bridgehead atoms. The van der Waals surface area contributed by atoms with Crippen LogP contribution in [-0.2, 0) is 31.3 Å². The molecule has 0 saturated carbocycles. The first-order valence-corrected chi connectivity index (χ1v) is 20.7. The number of aliphatic hydroxyl groups is 2. The second-order valence-electron chi connectivity index (χ2n) is 14.6. The topological polar surface area (TPSA) is 138 Å². The molecule has 6 atom stereocenters. The molecule has 12 heteroatoms. The summed E-state index contributed by atoms with van der Waals surface area (Å²) in [6.45, 7) is 8.82. The minimum absolute atomic E-state index is 0.0683. The molecule has 3 aromatic carbocycles. The normalized spacial score (nSPS) is 24.9. The molecular weight excluding hydrogens is 667 g/mol. The van der Waals surface area contributed by atoms with Gasteiger partial charge >= 0.3 is 0 Å². The van der Waals surface area contributed by atoms with E-state index >= 15 is 4.79 Å². The molecule has 3 heterocycles. The van der Waals surface area contributed by atoms with Gasteiger partial charge in [-0.05, 0) is 73.3 Å². The van der Waals surface area contributed by atoms with Gasteiger partial charge in [0.25, 0.3) is 11.8 Å². The van der Waals surface area contributed by atoms with Crippen LogP contribution in [0.15, 0.2) is 66.7 Å². The van der Waals surface area contributed by atoms with Crippen LogP contribution in [0.3, 0.4) is 0 Å². The summed E-state index contributed by atoms with van der Waals surface area (Å²) in [7, 11) is 0.749. The number of rotatable bonds is 11. The molecule has 1 spiro atoms. The zero-order valence-corrected chi connectivity index (χ0v) is 31.2. The van der Waals surface area contributed by atoms with Crippen LogP contribution in [0.5, 0.6) is 11.5 Å². The Kier molecular flexibility index (Phi) is 10.3. The summed E-state index contributed by atoms with van der Waals surface area (Å²) in [4.78, 5) is 44.7. The Morgan fingerprint density at radius 2 is 1.71 bits per heavy atom. The van der Waals surface area contributed by atoms with Crippen LogP contribution in [0.1, 0.15) is 44.2 Å². The van der Waals surface area contributed by atoms with Crippen molar-refractivity contribution in [2.75, 3.05) is 37.6 Å². The lowest BCUT2D eigenvalue weighted by Crippen LogP contribution is -2.52. The van der Waals surface area contributed by atoms with E-state index in [-0.39, 0.29) is 48.9 Å². The molecule has 51 heavy (non-hydrogen) atoms. The molecule has 3 aliphatic rings. The smallest absolute Gasteiger partial charge is 0.264 e. The summed E-state index contributed by atoms with van der Waals surface area (Å²) in [6.07, 6.45) is 0.00462. The molecular formula is C39H49N3O8Si. The number of amides is 3. The molecule has 3 aliphatic heterocycles. The Labute approximate surface area is 300 Å². The number of likely N-dealkylation sites (tertiary alicyclic amines) is 1. The number of aliphatic hydroxyl groups excluding tert-OH is 2. The number of nitrogens with zero attached hydrogens (tertiary/aromatic N) is 2. The SMILES string of the molecule is COc1ccc([Si](C)(C)[C@H]2[C@H](CC(=O)N3CCC[C@H]3CO)O[C@@]3(C(=O)N(Cc4ccc(NC(=O)[C@H](C)O)cc4)c4ccc(OC)cc43)[C@@H]2C)cc1. The van der Waals surface area contributed by atoms with E-state index in [1.165, 1.54) is 12.1 Å². The van der Waals surface area contributed by atoms with Crippen molar-refractivity contribution in [3.63, 3.8) is 0 Å². The van der Waals surface area contributed by atoms with Crippen LogP contribution >= 0.6 is 0 Å². The highest BCUT2D eigenvalue weighted by atomic mass is 28.3. The summed E-state index contributed by atoms with van der Waals surface area (Å²) in [5, 5.41) is 23.5. The standard InChI is InChI=1S/C39H49N3O8Si/c1-24-36(51(5,6)31-16-13-29(48-3)14-17-31)34(21-35(45)41-19-7-8-28(41)23-43)50-39(24)32-20-30(49-4)15-18-33(32)42(38(39)47)22-26-9-11-27(12-10-26)40-37(46)25(2)44/h9-18,20,24-25,28,34,36,43-44H,7-8,19,21-23H2,1-6H3,(H,40,46)/t24-,25+,28+,34+,36-,39+/m1/s1. The highest BCUT2D eigenvalue weighted by molar-refractivity contribution is 6.91. The van der Waals surface area contributed by atoms with Crippen molar-refractivity contribution in [3.05, 3.63) is 77.9 Å². The molecule has 3 aromatic rings. The second kappa shape index (κ2) is 14.4. The molecule has 0 unspecified atom stereocenters. The number of carbonyl (C=O) groups excluding carboxylic acids is 3. The predicted molar refractivity (Wildman–Crippen MR) is 197 cm³/mol. The number of carbonyl (C=O) groups is 3. The third-order valence-corrected chi connectivity index (χ3v) is 15.6. The fourth-order valence-electron chi connectivity index (χ4n) is 8.54. The molecule has 272 valence electrons. The molecule has 0 aromatic heterocycles. The molecule has 0 aliphatic carbocycles. The van der Waals surface area contributed by atoms with Crippen LogP contribution in [0.25, 0.3) is 0 Å². The van der Waals surface area contributed by atoms with E-state index < -0.39 is 31.8 Å². The van der Waals surface area contributed by atoms with Gasteiger partial charge in [0.1, 0.15) is 17.6 Å². The predicted octanol–water partition coefficient (Wildman–Crippen LogP) is 4.16. The minimum atomic E-state index is -2.49. The lowest BCUT2D eigenvalue weighted by molar-refractivity contribution is -0.150. The monoisotopic (exact) mass is 715 g/mol. The number of anilines is 2. The van der Waals surface area contributed by atoms with E-state index in [2.05, 4.69) is 37.5 Å². The molecule has 6 rings (SSSR count). The van der Waals surface area contributed by atoms with Gasteiger partial charge in [-0.1, -0.05) is 49.5 Å². The minimum Gasteiger partial charge on any atom is -0.497 e. The highest BCUT2D eigenvalue weighted by Crippen LogP contribution is 2.60. The maximum Gasteiger partial charge on any atom is 0.264 e. The molecule has 3 N–H and O–H groups in total. The van der Waals surface area contributed by atoms with Crippen molar-refractivity contribution in [1.29, 1.82) is 0 Å². The summed E-state index contributed by atoms with van der Waals surface area (Å²) in [5.41, 5.74) is 1.30. The molecule has 2 saturated heterocycles. The van der Waals surface area contributed by atoms with Crippen LogP contribution in [0.4, 0.5) is 11.4 Å². The Balaban J connectivity index is 1.40. The van der Waals surface area contributed by atoms with Crippen molar-refractivity contribution in [2.24, 2.45) is 5.92 Å². The van der Waals surface area contributed by atoms with Gasteiger partial charge in [0.2, 0.25) is 5.91 Å². The number of ether oxygens (including phenoxy) is 3. The lowest BCUT2D eigenvalue weighted by Gasteiger charge is -2.37. The highest BCUT2D eigenvalue weighted by Gasteiger charge is 2.66. The van der Waals surface area contributed by atoms with Crippen molar-refractivity contribution >= 4 is 42.4 Å². The first kappa shape index (κ1) is 36.6. The number of hydrogen-bond donors (Lipinski definition) is 3. The zero-order chi connectivity index (χ0) is 36.7. The van der Waals surface area contributed by atoms with Crippen molar-refractivity contribution in [1.82, 2.24) is 4.90 Å². The number of fused-ring (bicyclic) bond motifs is 2. The van der Waals surface area contributed by atoms with Gasteiger partial charge in [-0.3, -0.25) is 14.4 Å². The fourth-order valence-corrected chi connectivity index (χ4v) is 12.6. The largest absolute Gasteiger partial charge is 0.497 e. The average Bonchev–Trinajstić information content (AvgIpc) is 3.79. The van der Waals surface area contributed by atoms with Crippen molar-refractivity contribution < 1.29 is 38.8 Å². The third kappa shape index (κ3) is 6.54. The van der Waals surface area contributed by atoms with Gasteiger partial charge in [0, 0.05) is 23.7 Å².